The second-order valence-electron chi connectivity index (χ2n) is 5.40. The minimum atomic E-state index is 0.898. The average molecular weight is 292 g/mol. The van der Waals surface area contributed by atoms with E-state index >= 15 is 0 Å². The standard InChI is InChI=1S/C18H16N2S/c1-2-9-15-13(6-1)7-5-8-14(15)12-19-18-20-16-10-3-4-11-17(16)21-18/h1-2,5-9,12H,3-4,10-11H2. The van der Waals surface area contributed by atoms with Crippen molar-refractivity contribution in [2.45, 2.75) is 25.7 Å². The predicted octanol–water partition coefficient (Wildman–Crippen LogP) is 4.93. The van der Waals surface area contributed by atoms with E-state index in [0.29, 0.717) is 0 Å². The van der Waals surface area contributed by atoms with E-state index < -0.39 is 0 Å². The molecular formula is C18H16N2S. The first kappa shape index (κ1) is 12.7. The summed E-state index contributed by atoms with van der Waals surface area (Å²) >= 11 is 1.75. The Morgan fingerprint density at radius 3 is 2.81 bits per heavy atom. The monoisotopic (exact) mass is 292 g/mol. The molecule has 1 aromatic heterocycles. The van der Waals surface area contributed by atoms with E-state index in [1.54, 1.807) is 11.3 Å². The predicted molar refractivity (Wildman–Crippen MR) is 90.0 cm³/mol. The number of hydrogen-bond acceptors (Lipinski definition) is 3. The van der Waals surface area contributed by atoms with E-state index in [2.05, 4.69) is 52.4 Å². The van der Waals surface area contributed by atoms with Crippen LogP contribution >= 0.6 is 11.3 Å². The highest BCUT2D eigenvalue weighted by atomic mass is 32.1. The first-order valence-electron chi connectivity index (χ1n) is 7.40. The highest BCUT2D eigenvalue weighted by Crippen LogP contribution is 2.31. The molecule has 4 rings (SSSR count). The molecule has 0 bridgehead atoms. The van der Waals surface area contributed by atoms with Crippen molar-refractivity contribution in [3.05, 3.63) is 58.6 Å². The van der Waals surface area contributed by atoms with Crippen molar-refractivity contribution in [3.63, 3.8) is 0 Å². The van der Waals surface area contributed by atoms with Gasteiger partial charge in [-0.2, -0.15) is 0 Å². The van der Waals surface area contributed by atoms with Crippen LogP contribution in [0.25, 0.3) is 10.8 Å². The number of rotatable bonds is 2. The van der Waals surface area contributed by atoms with Crippen LogP contribution in [0.4, 0.5) is 5.13 Å². The quantitative estimate of drug-likeness (QED) is 0.615. The van der Waals surface area contributed by atoms with Crippen LogP contribution in [0.2, 0.25) is 0 Å². The van der Waals surface area contributed by atoms with Gasteiger partial charge in [-0.05, 0) is 36.5 Å². The van der Waals surface area contributed by atoms with Crippen LogP contribution in [0.15, 0.2) is 47.5 Å². The number of aliphatic imine (C=N–C) groups is 1. The van der Waals surface area contributed by atoms with Gasteiger partial charge in [0, 0.05) is 16.7 Å². The van der Waals surface area contributed by atoms with Crippen molar-refractivity contribution < 1.29 is 0 Å². The first-order chi connectivity index (χ1) is 10.4. The largest absolute Gasteiger partial charge is 0.227 e. The molecule has 0 saturated carbocycles. The van der Waals surface area contributed by atoms with Gasteiger partial charge in [0.2, 0.25) is 5.13 Å². The van der Waals surface area contributed by atoms with E-state index in [4.69, 9.17) is 0 Å². The van der Waals surface area contributed by atoms with Crippen LogP contribution < -0.4 is 0 Å². The molecule has 0 atom stereocenters. The molecule has 21 heavy (non-hydrogen) atoms. The Kier molecular flexibility index (Phi) is 3.28. The fraction of sp³-hybridized carbons (Fsp3) is 0.222. The number of thiazole rings is 1. The maximum atomic E-state index is 4.67. The van der Waals surface area contributed by atoms with Gasteiger partial charge in [-0.3, -0.25) is 0 Å². The van der Waals surface area contributed by atoms with Gasteiger partial charge in [0.25, 0.3) is 0 Å². The Morgan fingerprint density at radius 2 is 1.86 bits per heavy atom. The highest BCUT2D eigenvalue weighted by molar-refractivity contribution is 7.15. The molecule has 2 nitrogen and oxygen atoms in total. The van der Waals surface area contributed by atoms with E-state index in [1.165, 1.54) is 40.6 Å². The van der Waals surface area contributed by atoms with Crippen molar-refractivity contribution in [1.82, 2.24) is 4.98 Å². The lowest BCUT2D eigenvalue weighted by molar-refractivity contribution is 0.682. The minimum Gasteiger partial charge on any atom is -0.227 e. The second-order valence-corrected chi connectivity index (χ2v) is 6.46. The highest BCUT2D eigenvalue weighted by Gasteiger charge is 2.14. The molecule has 0 aliphatic heterocycles. The molecule has 2 aromatic carbocycles. The normalized spacial score (nSPS) is 14.7. The molecule has 0 spiro atoms. The summed E-state index contributed by atoms with van der Waals surface area (Å²) in [7, 11) is 0. The number of aromatic nitrogens is 1. The molecule has 0 unspecified atom stereocenters. The summed E-state index contributed by atoms with van der Waals surface area (Å²) in [5.74, 6) is 0. The second kappa shape index (κ2) is 5.41. The first-order valence-corrected chi connectivity index (χ1v) is 8.22. The van der Waals surface area contributed by atoms with Crippen molar-refractivity contribution >= 4 is 33.5 Å². The van der Waals surface area contributed by atoms with Crippen molar-refractivity contribution in [1.29, 1.82) is 0 Å². The lowest BCUT2D eigenvalue weighted by Gasteiger charge is -2.06. The van der Waals surface area contributed by atoms with Crippen LogP contribution in [-0.2, 0) is 12.8 Å². The Morgan fingerprint density at radius 1 is 1.00 bits per heavy atom. The molecule has 1 heterocycles. The van der Waals surface area contributed by atoms with Crippen LogP contribution in [0.5, 0.6) is 0 Å². The Hall–Kier alpha value is -2.00. The van der Waals surface area contributed by atoms with Gasteiger partial charge in [-0.1, -0.05) is 53.8 Å². The molecule has 0 fully saturated rings. The molecule has 3 heteroatoms. The summed E-state index contributed by atoms with van der Waals surface area (Å²) in [5.41, 5.74) is 2.43. The summed E-state index contributed by atoms with van der Waals surface area (Å²) in [4.78, 5) is 10.7. The summed E-state index contributed by atoms with van der Waals surface area (Å²) in [5, 5.41) is 3.39. The number of fused-ring (bicyclic) bond motifs is 2. The molecule has 0 radical (unpaired) electrons. The van der Waals surface area contributed by atoms with Crippen LogP contribution in [0.3, 0.4) is 0 Å². The Balaban J connectivity index is 1.69. The summed E-state index contributed by atoms with van der Waals surface area (Å²) < 4.78 is 0. The summed E-state index contributed by atoms with van der Waals surface area (Å²) in [6, 6.07) is 14.7. The Bertz CT molecular complexity index is 788. The lowest BCUT2D eigenvalue weighted by atomic mass is 10.0. The topological polar surface area (TPSA) is 25.2 Å². The third kappa shape index (κ3) is 2.49. The molecule has 0 N–H and O–H groups in total. The van der Waals surface area contributed by atoms with Gasteiger partial charge in [0.15, 0.2) is 0 Å². The van der Waals surface area contributed by atoms with Gasteiger partial charge >= 0.3 is 0 Å². The van der Waals surface area contributed by atoms with Gasteiger partial charge in [0.05, 0.1) is 5.69 Å². The molecule has 3 aromatic rings. The van der Waals surface area contributed by atoms with Crippen LogP contribution in [-0.4, -0.2) is 11.2 Å². The Labute approximate surface area is 128 Å². The SMILES string of the molecule is C(=Nc1nc2c(s1)CCCC2)c1cccc2ccccc12. The lowest BCUT2D eigenvalue weighted by Crippen LogP contribution is -1.98. The minimum absolute atomic E-state index is 0.898. The zero-order valence-corrected chi connectivity index (χ0v) is 12.6. The van der Waals surface area contributed by atoms with Crippen molar-refractivity contribution in [2.24, 2.45) is 4.99 Å². The van der Waals surface area contributed by atoms with Gasteiger partial charge in [-0.25, -0.2) is 9.98 Å². The van der Waals surface area contributed by atoms with Gasteiger partial charge in [-0.15, -0.1) is 0 Å². The molecule has 1 aliphatic carbocycles. The zero-order valence-electron chi connectivity index (χ0n) is 11.7. The van der Waals surface area contributed by atoms with Gasteiger partial charge in [0.1, 0.15) is 0 Å². The van der Waals surface area contributed by atoms with E-state index in [-0.39, 0.29) is 0 Å². The third-order valence-electron chi connectivity index (χ3n) is 3.97. The number of benzene rings is 2. The van der Waals surface area contributed by atoms with Gasteiger partial charge < -0.3 is 0 Å². The average Bonchev–Trinajstić information content (AvgIpc) is 2.96. The third-order valence-corrected chi connectivity index (χ3v) is 5.04. The molecular weight excluding hydrogens is 276 g/mol. The van der Waals surface area contributed by atoms with E-state index in [9.17, 15) is 0 Å². The fourth-order valence-electron chi connectivity index (χ4n) is 2.88. The summed E-state index contributed by atoms with van der Waals surface area (Å²) in [6.45, 7) is 0. The molecule has 1 aliphatic rings. The van der Waals surface area contributed by atoms with Crippen LogP contribution in [0, 0.1) is 0 Å². The summed E-state index contributed by atoms with van der Waals surface area (Å²) in [6.07, 6.45) is 6.81. The number of hydrogen-bond donors (Lipinski definition) is 0. The van der Waals surface area contributed by atoms with Crippen molar-refractivity contribution in [2.75, 3.05) is 0 Å². The number of aryl methyl sites for hydroxylation is 2. The fourth-order valence-corrected chi connectivity index (χ4v) is 3.87. The number of nitrogens with zero attached hydrogens (tertiary/aromatic N) is 2. The molecule has 0 saturated heterocycles. The molecule has 0 amide bonds. The van der Waals surface area contributed by atoms with E-state index in [0.717, 1.165) is 17.1 Å². The van der Waals surface area contributed by atoms with E-state index in [1.807, 2.05) is 6.21 Å². The maximum absolute atomic E-state index is 4.67. The maximum Gasteiger partial charge on any atom is 0.209 e. The zero-order chi connectivity index (χ0) is 14.1. The smallest absolute Gasteiger partial charge is 0.209 e. The van der Waals surface area contributed by atoms with Crippen LogP contribution in [0.1, 0.15) is 29.0 Å². The molecule has 104 valence electrons. The van der Waals surface area contributed by atoms with Crippen molar-refractivity contribution in [3.8, 4) is 0 Å².